The maximum Gasteiger partial charge on any atom is 0.282 e. The first-order chi connectivity index (χ1) is 16.2. The largest absolute Gasteiger partial charge is 0.493 e. The molecule has 0 saturated carbocycles. The molecule has 6 heteroatoms. The lowest BCUT2D eigenvalue weighted by Gasteiger charge is -2.19. The first-order valence-electron chi connectivity index (χ1n) is 11.0. The Labute approximate surface area is 199 Å². The number of aryl methyl sites for hydroxylation is 4. The zero-order valence-electron chi connectivity index (χ0n) is 20.3. The number of methoxy groups -OCH3 is 2. The molecule has 3 aromatic carbocycles. The van der Waals surface area contributed by atoms with E-state index in [1.165, 1.54) is 4.90 Å². The molecule has 174 valence electrons. The minimum atomic E-state index is -0.400. The highest BCUT2D eigenvalue weighted by Gasteiger charge is 2.41. The third-order valence-corrected chi connectivity index (χ3v) is 5.99. The zero-order chi connectivity index (χ0) is 24.6. The van der Waals surface area contributed by atoms with Gasteiger partial charge in [0.1, 0.15) is 5.70 Å². The summed E-state index contributed by atoms with van der Waals surface area (Å²) in [6, 6.07) is 16.9. The number of hydrogen-bond donors (Lipinski definition) is 1. The summed E-state index contributed by atoms with van der Waals surface area (Å²) in [5, 5.41) is 3.20. The maximum absolute atomic E-state index is 13.8. The SMILES string of the molecule is COc1ccc(NC2=C(c3ccc(C)cc3C)C(=O)N(c3cc(C)ccc3C)C2=O)cc1OC. The average molecular weight is 457 g/mol. The van der Waals surface area contributed by atoms with E-state index >= 15 is 0 Å². The monoisotopic (exact) mass is 456 g/mol. The van der Waals surface area contributed by atoms with Crippen LogP contribution in [0, 0.1) is 27.7 Å². The van der Waals surface area contributed by atoms with Crippen molar-refractivity contribution in [2.45, 2.75) is 27.7 Å². The molecule has 3 aromatic rings. The highest BCUT2D eigenvalue weighted by Crippen LogP contribution is 2.38. The van der Waals surface area contributed by atoms with Crippen molar-refractivity contribution in [1.82, 2.24) is 0 Å². The molecule has 0 atom stereocenters. The van der Waals surface area contributed by atoms with E-state index in [0.29, 0.717) is 28.4 Å². The summed E-state index contributed by atoms with van der Waals surface area (Å²) in [7, 11) is 3.11. The Morgan fingerprint density at radius 1 is 0.706 bits per heavy atom. The van der Waals surface area contributed by atoms with Crippen molar-refractivity contribution in [1.29, 1.82) is 0 Å². The number of anilines is 2. The summed E-state index contributed by atoms with van der Waals surface area (Å²) in [4.78, 5) is 28.8. The highest BCUT2D eigenvalue weighted by molar-refractivity contribution is 6.46. The number of carbonyl (C=O) groups excluding carboxylic acids is 2. The second kappa shape index (κ2) is 9.06. The predicted octanol–water partition coefficient (Wildman–Crippen LogP) is 5.33. The van der Waals surface area contributed by atoms with Crippen LogP contribution in [0.4, 0.5) is 11.4 Å². The lowest BCUT2D eigenvalue weighted by atomic mass is 9.97. The summed E-state index contributed by atoms with van der Waals surface area (Å²) in [5.74, 6) is 0.337. The minimum absolute atomic E-state index is 0.227. The first-order valence-corrected chi connectivity index (χ1v) is 11.0. The molecule has 1 N–H and O–H groups in total. The van der Waals surface area contributed by atoms with E-state index in [2.05, 4.69) is 5.32 Å². The van der Waals surface area contributed by atoms with Crippen LogP contribution in [0.3, 0.4) is 0 Å². The summed E-state index contributed by atoms with van der Waals surface area (Å²) in [5.41, 5.74) is 6.31. The lowest BCUT2D eigenvalue weighted by molar-refractivity contribution is -0.120. The molecule has 0 saturated heterocycles. The van der Waals surface area contributed by atoms with Gasteiger partial charge >= 0.3 is 0 Å². The van der Waals surface area contributed by atoms with E-state index < -0.39 is 5.91 Å². The molecule has 0 radical (unpaired) electrons. The fourth-order valence-electron chi connectivity index (χ4n) is 4.23. The van der Waals surface area contributed by atoms with Crippen LogP contribution in [0.25, 0.3) is 5.57 Å². The summed E-state index contributed by atoms with van der Waals surface area (Å²) >= 11 is 0. The number of carbonyl (C=O) groups is 2. The van der Waals surface area contributed by atoms with Gasteiger partial charge in [-0.1, -0.05) is 35.9 Å². The van der Waals surface area contributed by atoms with E-state index in [0.717, 1.165) is 27.8 Å². The van der Waals surface area contributed by atoms with Crippen LogP contribution in [0.1, 0.15) is 27.8 Å². The molecule has 1 heterocycles. The molecule has 1 aliphatic rings. The van der Waals surface area contributed by atoms with Crippen LogP contribution >= 0.6 is 0 Å². The normalized spacial score (nSPS) is 13.5. The van der Waals surface area contributed by atoms with Gasteiger partial charge < -0.3 is 14.8 Å². The average Bonchev–Trinajstić information content (AvgIpc) is 3.04. The van der Waals surface area contributed by atoms with Crippen LogP contribution in [-0.4, -0.2) is 26.0 Å². The number of hydrogen-bond acceptors (Lipinski definition) is 5. The number of imide groups is 1. The van der Waals surface area contributed by atoms with E-state index in [4.69, 9.17) is 9.47 Å². The summed E-state index contributed by atoms with van der Waals surface area (Å²) in [6.45, 7) is 7.78. The number of nitrogens with one attached hydrogen (secondary N) is 1. The molecule has 2 amide bonds. The zero-order valence-corrected chi connectivity index (χ0v) is 20.3. The fraction of sp³-hybridized carbons (Fsp3) is 0.214. The highest BCUT2D eigenvalue weighted by atomic mass is 16.5. The smallest absolute Gasteiger partial charge is 0.282 e. The van der Waals surface area contributed by atoms with Crippen molar-refractivity contribution in [3.05, 3.63) is 88.1 Å². The van der Waals surface area contributed by atoms with Gasteiger partial charge in [0.25, 0.3) is 11.8 Å². The second-order valence-corrected chi connectivity index (χ2v) is 8.50. The summed E-state index contributed by atoms with van der Waals surface area (Å²) in [6.07, 6.45) is 0. The van der Waals surface area contributed by atoms with Crippen molar-refractivity contribution in [3.8, 4) is 11.5 Å². The van der Waals surface area contributed by atoms with Crippen molar-refractivity contribution in [3.63, 3.8) is 0 Å². The van der Waals surface area contributed by atoms with E-state index in [1.807, 2.05) is 64.1 Å². The van der Waals surface area contributed by atoms with Gasteiger partial charge in [0.2, 0.25) is 0 Å². The van der Waals surface area contributed by atoms with Crippen LogP contribution in [0.15, 0.2) is 60.3 Å². The van der Waals surface area contributed by atoms with Gasteiger partial charge in [-0.2, -0.15) is 0 Å². The first kappa shape index (κ1) is 23.1. The van der Waals surface area contributed by atoms with Crippen molar-refractivity contribution in [2.24, 2.45) is 0 Å². The van der Waals surface area contributed by atoms with Crippen LogP contribution < -0.4 is 19.7 Å². The van der Waals surface area contributed by atoms with Crippen molar-refractivity contribution < 1.29 is 19.1 Å². The molecule has 0 unspecified atom stereocenters. The number of amides is 2. The van der Waals surface area contributed by atoms with Gasteiger partial charge in [0.15, 0.2) is 11.5 Å². The number of rotatable bonds is 6. The lowest BCUT2D eigenvalue weighted by Crippen LogP contribution is -2.33. The molecule has 0 fully saturated rings. The van der Waals surface area contributed by atoms with Gasteiger partial charge in [-0.25, -0.2) is 4.90 Å². The van der Waals surface area contributed by atoms with Gasteiger partial charge in [0.05, 0.1) is 25.5 Å². The minimum Gasteiger partial charge on any atom is -0.493 e. The molecule has 4 rings (SSSR count). The van der Waals surface area contributed by atoms with Gasteiger partial charge in [0, 0.05) is 11.8 Å². The topological polar surface area (TPSA) is 67.9 Å². The molecule has 0 aliphatic carbocycles. The Hall–Kier alpha value is -4.06. The summed E-state index contributed by atoms with van der Waals surface area (Å²) < 4.78 is 10.7. The quantitative estimate of drug-likeness (QED) is 0.508. The van der Waals surface area contributed by atoms with Crippen LogP contribution in [0.2, 0.25) is 0 Å². The second-order valence-electron chi connectivity index (χ2n) is 8.50. The molecular weight excluding hydrogens is 428 g/mol. The Morgan fingerprint density at radius 2 is 1.38 bits per heavy atom. The molecular formula is C28H28N2O4. The van der Waals surface area contributed by atoms with E-state index in [-0.39, 0.29) is 11.6 Å². The Kier molecular flexibility index (Phi) is 6.16. The van der Waals surface area contributed by atoms with Crippen LogP contribution in [-0.2, 0) is 9.59 Å². The molecule has 6 nitrogen and oxygen atoms in total. The number of benzene rings is 3. The molecule has 34 heavy (non-hydrogen) atoms. The van der Waals surface area contributed by atoms with E-state index in [9.17, 15) is 9.59 Å². The fourth-order valence-corrected chi connectivity index (χ4v) is 4.23. The third kappa shape index (κ3) is 4.03. The predicted molar refractivity (Wildman–Crippen MR) is 134 cm³/mol. The number of nitrogens with zero attached hydrogens (tertiary/aromatic N) is 1. The van der Waals surface area contributed by atoms with E-state index in [1.54, 1.807) is 32.4 Å². The Morgan fingerprint density at radius 3 is 2.06 bits per heavy atom. The Bertz CT molecular complexity index is 1340. The molecule has 1 aliphatic heterocycles. The van der Waals surface area contributed by atoms with Crippen molar-refractivity contribution in [2.75, 3.05) is 24.4 Å². The third-order valence-electron chi connectivity index (χ3n) is 5.99. The molecule has 0 bridgehead atoms. The molecule has 0 aromatic heterocycles. The van der Waals surface area contributed by atoms with Gasteiger partial charge in [-0.3, -0.25) is 9.59 Å². The molecule has 0 spiro atoms. The van der Waals surface area contributed by atoms with Crippen molar-refractivity contribution >= 4 is 28.8 Å². The standard InChI is InChI=1S/C28H28N2O4/c1-16-8-11-21(19(4)13-16)25-26(29-20-10-12-23(33-5)24(15-20)34-6)28(32)30(27(25)31)22-14-17(2)7-9-18(22)3/h7-15,29H,1-6H3. The van der Waals surface area contributed by atoms with Crippen LogP contribution in [0.5, 0.6) is 11.5 Å². The maximum atomic E-state index is 13.8. The van der Waals surface area contributed by atoms with Gasteiger partial charge in [-0.15, -0.1) is 0 Å². The number of ether oxygens (including phenoxy) is 2. The Balaban J connectivity index is 1.87. The van der Waals surface area contributed by atoms with Gasteiger partial charge in [-0.05, 0) is 68.1 Å².